The van der Waals surface area contributed by atoms with Gasteiger partial charge in [0.05, 0.1) is 30.0 Å². The molecule has 0 spiro atoms. The minimum absolute atomic E-state index is 0.0551. The number of amides is 2. The van der Waals surface area contributed by atoms with Crippen LogP contribution in [0.5, 0.6) is 5.88 Å². The number of carbonyl (C=O) groups excluding carboxylic acids is 1. The number of aryl methyl sites for hydroxylation is 1. The second kappa shape index (κ2) is 7.90. The maximum absolute atomic E-state index is 12.6. The maximum atomic E-state index is 12.6. The van der Waals surface area contributed by atoms with Crippen LogP contribution in [0.1, 0.15) is 24.4 Å². The van der Waals surface area contributed by atoms with Crippen molar-refractivity contribution in [2.24, 2.45) is 0 Å². The van der Waals surface area contributed by atoms with Crippen molar-refractivity contribution in [3.05, 3.63) is 51.0 Å². The number of carbonyl (C=O) groups is 1. The number of hydrogen-bond donors (Lipinski definition) is 2. The number of halogens is 1. The molecule has 1 aliphatic rings. The molecule has 2 amide bonds. The number of likely N-dealkylation sites (tertiary alicyclic amines) is 1. The van der Waals surface area contributed by atoms with Crippen molar-refractivity contribution in [2.45, 2.75) is 25.8 Å². The number of benzene rings is 1. The van der Waals surface area contributed by atoms with E-state index in [0.29, 0.717) is 37.5 Å². The van der Waals surface area contributed by atoms with Crippen molar-refractivity contribution in [3.63, 3.8) is 0 Å². The van der Waals surface area contributed by atoms with Crippen LogP contribution >= 0.6 is 15.9 Å². The molecular formula is C20H22BrN5O3. The predicted octanol–water partition coefficient (Wildman–Crippen LogP) is 3.67. The van der Waals surface area contributed by atoms with Crippen LogP contribution in [0, 0.1) is 6.92 Å². The number of nitrogens with zero attached hydrogens (tertiary/aromatic N) is 3. The predicted molar refractivity (Wildman–Crippen MR) is 115 cm³/mol. The molecular weight excluding hydrogens is 438 g/mol. The fourth-order valence-electron chi connectivity index (χ4n) is 3.85. The van der Waals surface area contributed by atoms with E-state index in [1.54, 1.807) is 18.2 Å². The molecule has 0 atom stereocenters. The van der Waals surface area contributed by atoms with Crippen molar-refractivity contribution >= 4 is 38.7 Å². The quantitative estimate of drug-likeness (QED) is 0.624. The Labute approximate surface area is 176 Å². The molecule has 9 heteroatoms. The molecule has 1 fully saturated rings. The average molecular weight is 460 g/mol. The molecule has 3 heterocycles. The number of hydrogen-bond acceptors (Lipinski definition) is 4. The van der Waals surface area contributed by atoms with Gasteiger partial charge in [0.15, 0.2) is 0 Å². The van der Waals surface area contributed by atoms with Gasteiger partial charge in [-0.15, -0.1) is 0 Å². The topological polar surface area (TPSA) is 92.2 Å². The molecule has 8 nitrogen and oxygen atoms in total. The normalized spacial score (nSPS) is 14.9. The van der Waals surface area contributed by atoms with Gasteiger partial charge in [-0.25, -0.2) is 14.6 Å². The number of anilines is 1. The molecule has 0 radical (unpaired) electrons. The van der Waals surface area contributed by atoms with Gasteiger partial charge < -0.3 is 19.9 Å². The van der Waals surface area contributed by atoms with E-state index in [2.05, 4.69) is 31.2 Å². The fraction of sp³-hybridized carbons (Fsp3) is 0.350. The lowest BCUT2D eigenvalue weighted by molar-refractivity contribution is 0.184. The summed E-state index contributed by atoms with van der Waals surface area (Å²) in [7, 11) is 1.56. The Morgan fingerprint density at radius 1 is 1.34 bits per heavy atom. The molecule has 2 N–H and O–H groups in total. The third-order valence-electron chi connectivity index (χ3n) is 5.29. The Kier molecular flexibility index (Phi) is 5.31. The van der Waals surface area contributed by atoms with Gasteiger partial charge in [0.25, 0.3) is 0 Å². The summed E-state index contributed by atoms with van der Waals surface area (Å²) in [5, 5.41) is 2.89. The third kappa shape index (κ3) is 3.74. The van der Waals surface area contributed by atoms with Crippen molar-refractivity contribution in [1.82, 2.24) is 19.4 Å². The maximum Gasteiger partial charge on any atom is 0.326 e. The summed E-state index contributed by atoms with van der Waals surface area (Å²) in [6, 6.07) is 7.49. The molecule has 0 saturated carbocycles. The van der Waals surface area contributed by atoms with E-state index in [9.17, 15) is 9.59 Å². The number of urea groups is 1. The van der Waals surface area contributed by atoms with Crippen LogP contribution in [0.2, 0.25) is 0 Å². The Bertz CT molecular complexity index is 1110. The lowest BCUT2D eigenvalue weighted by Gasteiger charge is -2.32. The van der Waals surface area contributed by atoms with E-state index in [4.69, 9.17) is 4.74 Å². The molecule has 1 aromatic carbocycles. The highest BCUT2D eigenvalue weighted by molar-refractivity contribution is 9.10. The summed E-state index contributed by atoms with van der Waals surface area (Å²) in [6.45, 7) is 3.03. The van der Waals surface area contributed by atoms with Crippen molar-refractivity contribution in [1.29, 1.82) is 0 Å². The number of nitrogens with one attached hydrogen (secondary N) is 2. The van der Waals surface area contributed by atoms with Gasteiger partial charge >= 0.3 is 11.7 Å². The number of ether oxygens (including phenoxy) is 1. The van der Waals surface area contributed by atoms with Gasteiger partial charge in [-0.2, -0.15) is 0 Å². The zero-order valence-electron chi connectivity index (χ0n) is 16.2. The van der Waals surface area contributed by atoms with Crippen LogP contribution < -0.4 is 15.7 Å². The number of methoxy groups -OCH3 is 1. The van der Waals surface area contributed by atoms with Crippen molar-refractivity contribution in [3.8, 4) is 5.88 Å². The number of para-hydroxylation sites is 1. The fourth-order valence-corrected chi connectivity index (χ4v) is 4.31. The van der Waals surface area contributed by atoms with Gasteiger partial charge in [0.2, 0.25) is 5.88 Å². The highest BCUT2D eigenvalue weighted by atomic mass is 79.9. The number of aromatic nitrogens is 3. The summed E-state index contributed by atoms with van der Waals surface area (Å²) in [4.78, 5) is 34.0. The second-order valence-corrected chi connectivity index (χ2v) is 7.99. The summed E-state index contributed by atoms with van der Waals surface area (Å²) in [6.07, 6.45) is 3.01. The zero-order valence-corrected chi connectivity index (χ0v) is 17.8. The molecule has 3 aromatic rings. The number of H-pyrrole nitrogens is 1. The molecule has 0 aliphatic carbocycles. The first-order valence-electron chi connectivity index (χ1n) is 9.43. The van der Waals surface area contributed by atoms with Crippen LogP contribution in [-0.2, 0) is 0 Å². The highest BCUT2D eigenvalue weighted by Gasteiger charge is 2.26. The van der Waals surface area contributed by atoms with E-state index in [0.717, 1.165) is 21.1 Å². The first-order valence-corrected chi connectivity index (χ1v) is 10.2. The Morgan fingerprint density at radius 2 is 2.10 bits per heavy atom. The number of piperidine rings is 1. The summed E-state index contributed by atoms with van der Waals surface area (Å²) in [5.74, 6) is 0.541. The van der Waals surface area contributed by atoms with E-state index >= 15 is 0 Å². The number of pyridine rings is 1. The smallest absolute Gasteiger partial charge is 0.326 e. The molecule has 1 saturated heterocycles. The Morgan fingerprint density at radius 3 is 2.79 bits per heavy atom. The van der Waals surface area contributed by atoms with Gasteiger partial charge in [-0.1, -0.05) is 6.07 Å². The molecule has 1 aliphatic heterocycles. The largest absolute Gasteiger partial charge is 0.481 e. The monoisotopic (exact) mass is 459 g/mol. The minimum Gasteiger partial charge on any atom is -0.481 e. The molecule has 0 bridgehead atoms. The number of imidazole rings is 1. The Hall–Kier alpha value is -2.81. The highest BCUT2D eigenvalue weighted by Crippen LogP contribution is 2.28. The lowest BCUT2D eigenvalue weighted by Crippen LogP contribution is -2.42. The van der Waals surface area contributed by atoms with Crippen LogP contribution in [0.25, 0.3) is 11.0 Å². The SMILES string of the molecule is COc1ncc(NC(=O)N2CCC(n3c(=O)[nH]c4c(Br)cccc43)CC2)cc1C. The first kappa shape index (κ1) is 19.5. The van der Waals surface area contributed by atoms with Crippen LogP contribution in [0.15, 0.2) is 39.7 Å². The second-order valence-electron chi connectivity index (χ2n) is 7.13. The lowest BCUT2D eigenvalue weighted by atomic mass is 10.0. The van der Waals surface area contributed by atoms with E-state index in [1.807, 2.05) is 35.8 Å². The summed E-state index contributed by atoms with van der Waals surface area (Å²) >= 11 is 3.48. The van der Waals surface area contributed by atoms with Gasteiger partial charge in [-0.3, -0.25) is 4.57 Å². The van der Waals surface area contributed by atoms with Crippen molar-refractivity contribution < 1.29 is 9.53 Å². The van der Waals surface area contributed by atoms with Gasteiger partial charge in [0, 0.05) is 29.2 Å². The van der Waals surface area contributed by atoms with E-state index in [1.165, 1.54) is 0 Å². The summed E-state index contributed by atoms with van der Waals surface area (Å²) in [5.41, 5.74) is 3.06. The van der Waals surface area contributed by atoms with E-state index < -0.39 is 0 Å². The van der Waals surface area contributed by atoms with Gasteiger partial charge in [0.1, 0.15) is 0 Å². The molecule has 0 unspecified atom stereocenters. The summed E-state index contributed by atoms with van der Waals surface area (Å²) < 4.78 is 7.83. The number of fused-ring (bicyclic) bond motifs is 1. The first-order chi connectivity index (χ1) is 14.0. The molecule has 152 valence electrons. The van der Waals surface area contributed by atoms with Gasteiger partial charge in [-0.05, 0) is 53.9 Å². The standard InChI is InChI=1S/C20H22BrN5O3/c1-12-10-13(11-22-18(12)29-2)23-19(27)25-8-6-14(7-9-25)26-16-5-3-4-15(21)17(16)24-20(26)28/h3-5,10-11,14H,6-9H2,1-2H3,(H,23,27)(H,24,28). The number of rotatable bonds is 3. The molecule has 2 aromatic heterocycles. The zero-order chi connectivity index (χ0) is 20.5. The minimum atomic E-state index is -0.163. The Balaban J connectivity index is 1.44. The van der Waals surface area contributed by atoms with Crippen LogP contribution in [-0.4, -0.2) is 45.7 Å². The van der Waals surface area contributed by atoms with Crippen molar-refractivity contribution in [2.75, 3.05) is 25.5 Å². The molecule has 29 heavy (non-hydrogen) atoms. The third-order valence-corrected chi connectivity index (χ3v) is 5.95. The number of aromatic amines is 1. The van der Waals surface area contributed by atoms with Crippen LogP contribution in [0.3, 0.4) is 0 Å². The molecule has 4 rings (SSSR count). The van der Waals surface area contributed by atoms with E-state index in [-0.39, 0.29) is 17.8 Å². The average Bonchev–Trinajstić information content (AvgIpc) is 3.05. The van der Waals surface area contributed by atoms with Crippen LogP contribution in [0.4, 0.5) is 10.5 Å².